The van der Waals surface area contributed by atoms with Crippen LogP contribution < -0.4 is 10.1 Å². The number of nitrogens with one attached hydrogen (secondary N) is 1. The number of hydrogen-bond donors (Lipinski definition) is 1. The molecule has 0 aliphatic carbocycles. The van der Waals surface area contributed by atoms with Crippen LogP contribution in [0.1, 0.15) is 11.1 Å². The zero-order valence-electron chi connectivity index (χ0n) is 18.6. The van der Waals surface area contributed by atoms with Crippen LogP contribution >= 0.6 is 89.4 Å². The minimum Gasteiger partial charge on any atom is -0.486 e. The highest BCUT2D eigenvalue weighted by Gasteiger charge is 2.36. The Morgan fingerprint density at radius 3 is 2.38 bits per heavy atom. The van der Waals surface area contributed by atoms with Gasteiger partial charge in [0, 0.05) is 24.9 Å². The minimum atomic E-state index is -0.530. The van der Waals surface area contributed by atoms with Gasteiger partial charge in [-0.2, -0.15) is 0 Å². The number of thioether (sulfide) groups is 1. The van der Waals surface area contributed by atoms with Crippen LogP contribution in [0.2, 0.25) is 10.0 Å². The first-order chi connectivity index (χ1) is 17.6. The van der Waals surface area contributed by atoms with E-state index < -0.39 is 17.1 Å². The Kier molecular flexibility index (Phi) is 9.63. The second kappa shape index (κ2) is 12.5. The summed E-state index contributed by atoms with van der Waals surface area (Å²) in [5, 5.41) is 3.22. The largest absolute Gasteiger partial charge is 0.486 e. The fourth-order valence-corrected chi connectivity index (χ4v) is 6.37. The molecular formula is C25H15Br2Cl2IN2O4S. The first-order valence-electron chi connectivity index (χ1n) is 10.5. The molecule has 1 heterocycles. The van der Waals surface area contributed by atoms with Crippen molar-refractivity contribution < 1.29 is 19.1 Å². The van der Waals surface area contributed by atoms with Crippen molar-refractivity contribution in [3.8, 4) is 5.75 Å². The molecular weight excluding hydrogens is 782 g/mol. The van der Waals surface area contributed by atoms with E-state index in [4.69, 9.17) is 27.9 Å². The van der Waals surface area contributed by atoms with Crippen LogP contribution in [-0.4, -0.2) is 28.5 Å². The first kappa shape index (κ1) is 28.4. The van der Waals surface area contributed by atoms with Crippen LogP contribution in [-0.2, 0) is 16.2 Å². The molecule has 1 saturated heterocycles. The molecule has 3 aromatic rings. The summed E-state index contributed by atoms with van der Waals surface area (Å²) in [6, 6.07) is 15.9. The SMILES string of the molecule is O=C(CN1C(=O)S/C(=C\c2cc(Br)c(OCc3ccc(Cl)cc3Cl)c(Br)c2)C1=O)Nc1ccc(I)cc1. The van der Waals surface area contributed by atoms with E-state index in [0.29, 0.717) is 36.0 Å². The number of amides is 3. The predicted octanol–water partition coefficient (Wildman–Crippen LogP) is 8.38. The molecule has 3 amide bonds. The maximum Gasteiger partial charge on any atom is 0.294 e. The van der Waals surface area contributed by atoms with Gasteiger partial charge in [-0.15, -0.1) is 0 Å². The number of benzene rings is 3. The lowest BCUT2D eigenvalue weighted by Crippen LogP contribution is -2.36. The highest BCUT2D eigenvalue weighted by molar-refractivity contribution is 14.1. The Morgan fingerprint density at radius 1 is 1.05 bits per heavy atom. The number of carbonyl (C=O) groups excluding carboxylic acids is 3. The summed E-state index contributed by atoms with van der Waals surface area (Å²) in [4.78, 5) is 38.9. The molecule has 1 aliphatic heterocycles. The topological polar surface area (TPSA) is 75.7 Å². The molecule has 1 aliphatic rings. The van der Waals surface area contributed by atoms with Gasteiger partial charge in [-0.25, -0.2) is 0 Å². The predicted molar refractivity (Wildman–Crippen MR) is 163 cm³/mol. The van der Waals surface area contributed by atoms with E-state index in [1.165, 1.54) is 0 Å². The van der Waals surface area contributed by atoms with Crippen LogP contribution in [0.15, 0.2) is 68.4 Å². The summed E-state index contributed by atoms with van der Waals surface area (Å²) >= 11 is 22.1. The summed E-state index contributed by atoms with van der Waals surface area (Å²) in [5.74, 6) is -0.446. The van der Waals surface area contributed by atoms with Crippen LogP contribution in [0.3, 0.4) is 0 Å². The van der Waals surface area contributed by atoms with Crippen molar-refractivity contribution >= 4 is 118 Å². The van der Waals surface area contributed by atoms with Crippen molar-refractivity contribution in [1.29, 1.82) is 0 Å². The molecule has 4 rings (SSSR count). The smallest absolute Gasteiger partial charge is 0.294 e. The molecule has 0 bridgehead atoms. The number of hydrogen-bond acceptors (Lipinski definition) is 5. The van der Waals surface area contributed by atoms with Crippen molar-refractivity contribution in [2.45, 2.75) is 6.61 Å². The van der Waals surface area contributed by atoms with E-state index >= 15 is 0 Å². The molecule has 3 aromatic carbocycles. The van der Waals surface area contributed by atoms with Crippen molar-refractivity contribution in [2.24, 2.45) is 0 Å². The van der Waals surface area contributed by atoms with Gasteiger partial charge in [0.1, 0.15) is 18.9 Å². The fraction of sp³-hybridized carbons (Fsp3) is 0.0800. The summed E-state index contributed by atoms with van der Waals surface area (Å²) < 4.78 is 8.22. The number of anilines is 1. The molecule has 0 atom stereocenters. The molecule has 6 nitrogen and oxygen atoms in total. The van der Waals surface area contributed by atoms with E-state index in [-0.39, 0.29) is 18.1 Å². The maximum atomic E-state index is 12.9. The quantitative estimate of drug-likeness (QED) is 0.192. The molecule has 190 valence electrons. The Hall–Kier alpha value is -1.57. The van der Waals surface area contributed by atoms with E-state index in [9.17, 15) is 14.4 Å². The van der Waals surface area contributed by atoms with Crippen molar-refractivity contribution in [3.05, 3.63) is 93.2 Å². The lowest BCUT2D eigenvalue weighted by molar-refractivity contribution is -0.127. The first-order valence-corrected chi connectivity index (χ1v) is 14.7. The zero-order valence-corrected chi connectivity index (χ0v) is 26.2. The minimum absolute atomic E-state index is 0.215. The van der Waals surface area contributed by atoms with Gasteiger partial charge in [0.25, 0.3) is 11.1 Å². The molecule has 37 heavy (non-hydrogen) atoms. The lowest BCUT2D eigenvalue weighted by Gasteiger charge is -2.13. The third-order valence-electron chi connectivity index (χ3n) is 5.01. The van der Waals surface area contributed by atoms with E-state index in [1.807, 2.05) is 12.1 Å². The molecule has 0 radical (unpaired) electrons. The lowest BCUT2D eigenvalue weighted by atomic mass is 10.2. The van der Waals surface area contributed by atoms with Crippen LogP contribution in [0.5, 0.6) is 5.75 Å². The highest BCUT2D eigenvalue weighted by atomic mass is 127. The number of imide groups is 1. The van der Waals surface area contributed by atoms with Crippen molar-refractivity contribution in [3.63, 3.8) is 0 Å². The Labute approximate surface area is 257 Å². The van der Waals surface area contributed by atoms with Crippen molar-refractivity contribution in [2.75, 3.05) is 11.9 Å². The van der Waals surface area contributed by atoms with Gasteiger partial charge in [0.15, 0.2) is 0 Å². The monoisotopic (exact) mass is 794 g/mol. The fourth-order valence-electron chi connectivity index (χ4n) is 3.25. The van der Waals surface area contributed by atoms with E-state index in [2.05, 4.69) is 59.8 Å². The highest BCUT2D eigenvalue weighted by Crippen LogP contribution is 2.38. The number of rotatable bonds is 7. The van der Waals surface area contributed by atoms with Crippen LogP contribution in [0, 0.1) is 3.57 Å². The van der Waals surface area contributed by atoms with E-state index in [1.54, 1.807) is 48.5 Å². The molecule has 0 aromatic heterocycles. The third kappa shape index (κ3) is 7.30. The second-order valence-electron chi connectivity index (χ2n) is 7.66. The van der Waals surface area contributed by atoms with Crippen LogP contribution in [0.4, 0.5) is 10.5 Å². The average molecular weight is 797 g/mol. The van der Waals surface area contributed by atoms with Gasteiger partial charge in [-0.05, 0) is 126 Å². The second-order valence-corrected chi connectivity index (χ2v) is 12.5. The molecule has 1 fully saturated rings. The van der Waals surface area contributed by atoms with Gasteiger partial charge in [-0.3, -0.25) is 19.3 Å². The van der Waals surface area contributed by atoms with Gasteiger partial charge in [-0.1, -0.05) is 29.3 Å². The Morgan fingerprint density at radius 2 is 1.73 bits per heavy atom. The zero-order chi connectivity index (χ0) is 26.7. The molecule has 12 heteroatoms. The number of nitrogens with zero attached hydrogens (tertiary/aromatic N) is 1. The third-order valence-corrected chi connectivity index (χ3v) is 8.40. The number of carbonyl (C=O) groups is 3. The average Bonchev–Trinajstić information content (AvgIpc) is 3.08. The summed E-state index contributed by atoms with van der Waals surface area (Å²) in [6.07, 6.45) is 1.59. The molecule has 0 unspecified atom stereocenters. The number of ether oxygens (including phenoxy) is 1. The van der Waals surface area contributed by atoms with E-state index in [0.717, 1.165) is 25.8 Å². The molecule has 0 spiro atoms. The normalized spacial score (nSPS) is 14.4. The summed E-state index contributed by atoms with van der Waals surface area (Å²) in [5.41, 5.74) is 2.02. The van der Waals surface area contributed by atoms with Gasteiger partial charge in [0.05, 0.1) is 13.9 Å². The maximum absolute atomic E-state index is 12.9. The van der Waals surface area contributed by atoms with Gasteiger partial charge < -0.3 is 10.1 Å². The Bertz CT molecular complexity index is 1410. The number of halogens is 5. The van der Waals surface area contributed by atoms with Gasteiger partial charge >= 0.3 is 0 Å². The van der Waals surface area contributed by atoms with Crippen molar-refractivity contribution in [1.82, 2.24) is 4.90 Å². The summed E-state index contributed by atoms with van der Waals surface area (Å²) in [7, 11) is 0. The summed E-state index contributed by atoms with van der Waals surface area (Å²) in [6.45, 7) is -0.156. The van der Waals surface area contributed by atoms with Gasteiger partial charge in [0.2, 0.25) is 5.91 Å². The molecule has 0 saturated carbocycles. The molecule has 1 N–H and O–H groups in total. The standard InChI is InChI=1S/C25H15Br2Cl2IN2O4S/c26-18-7-13(8-19(27)23(18)36-12-14-1-2-15(28)10-20(14)29)9-21-24(34)32(25(35)37-21)11-22(33)31-17-5-3-16(30)4-6-17/h1-10H,11-12H2,(H,31,33)/b21-9-. The Balaban J connectivity index is 1.44. The van der Waals surface area contributed by atoms with Crippen LogP contribution in [0.25, 0.3) is 6.08 Å².